The number of benzene rings is 1. The number of halogens is 3. The van der Waals surface area contributed by atoms with Gasteiger partial charge in [-0.15, -0.1) is 12.4 Å². The molecule has 0 radical (unpaired) electrons. The number of aliphatic hydroxyl groups excluding tert-OH is 1. The smallest absolute Gasteiger partial charge is 0.387 e. The fourth-order valence-corrected chi connectivity index (χ4v) is 1.22. The zero-order valence-corrected chi connectivity index (χ0v) is 9.45. The topological polar surface area (TPSA) is 55.5 Å². The van der Waals surface area contributed by atoms with Crippen LogP contribution in [-0.4, -0.2) is 17.8 Å². The standard InChI is InChI=1S/C10H13F2NO2.ClH/c1-6(14)9(13)7-4-2-3-5-8(7)15-10(11)12;/h2-6,9-10,14H,13H2,1H3;1H/t6-,9-;/m0./s1. The normalized spacial score (nSPS) is 14.1. The van der Waals surface area contributed by atoms with E-state index in [1.165, 1.54) is 13.0 Å². The predicted molar refractivity (Wildman–Crippen MR) is 58.9 cm³/mol. The van der Waals surface area contributed by atoms with Crippen LogP contribution < -0.4 is 10.5 Å². The van der Waals surface area contributed by atoms with Gasteiger partial charge in [-0.05, 0) is 13.0 Å². The van der Waals surface area contributed by atoms with Crippen LogP contribution in [0.25, 0.3) is 0 Å². The first-order valence-corrected chi connectivity index (χ1v) is 4.49. The minimum atomic E-state index is -2.90. The Kier molecular flexibility index (Phi) is 6.25. The molecule has 2 atom stereocenters. The van der Waals surface area contributed by atoms with Crippen molar-refractivity contribution in [3.8, 4) is 5.75 Å². The first kappa shape index (κ1) is 15.1. The minimum Gasteiger partial charge on any atom is -0.434 e. The zero-order chi connectivity index (χ0) is 11.4. The Morgan fingerprint density at radius 3 is 2.38 bits per heavy atom. The van der Waals surface area contributed by atoms with Crippen LogP contribution in [0.1, 0.15) is 18.5 Å². The average molecular weight is 254 g/mol. The Morgan fingerprint density at radius 2 is 1.88 bits per heavy atom. The lowest BCUT2D eigenvalue weighted by atomic mass is 10.0. The van der Waals surface area contributed by atoms with Gasteiger partial charge in [0, 0.05) is 5.56 Å². The van der Waals surface area contributed by atoms with Gasteiger partial charge in [-0.3, -0.25) is 0 Å². The van der Waals surface area contributed by atoms with Gasteiger partial charge in [-0.25, -0.2) is 0 Å². The van der Waals surface area contributed by atoms with Gasteiger partial charge >= 0.3 is 6.61 Å². The number of aliphatic hydroxyl groups is 1. The van der Waals surface area contributed by atoms with Crippen LogP contribution in [0.3, 0.4) is 0 Å². The molecule has 0 saturated carbocycles. The van der Waals surface area contributed by atoms with Crippen molar-refractivity contribution in [2.45, 2.75) is 25.7 Å². The molecule has 6 heteroatoms. The van der Waals surface area contributed by atoms with Crippen LogP contribution in [0, 0.1) is 0 Å². The van der Waals surface area contributed by atoms with Gasteiger partial charge < -0.3 is 15.6 Å². The summed E-state index contributed by atoms with van der Waals surface area (Å²) < 4.78 is 28.4. The van der Waals surface area contributed by atoms with E-state index >= 15 is 0 Å². The maximum Gasteiger partial charge on any atom is 0.387 e. The van der Waals surface area contributed by atoms with Crippen LogP contribution >= 0.6 is 12.4 Å². The first-order chi connectivity index (χ1) is 7.02. The van der Waals surface area contributed by atoms with Crippen LogP contribution in [0.2, 0.25) is 0 Å². The van der Waals surface area contributed by atoms with Crippen molar-refractivity contribution in [3.63, 3.8) is 0 Å². The van der Waals surface area contributed by atoms with Crippen molar-refractivity contribution in [1.82, 2.24) is 0 Å². The molecule has 0 saturated heterocycles. The second-order valence-electron chi connectivity index (χ2n) is 3.18. The molecule has 0 unspecified atom stereocenters. The Labute approximate surface area is 98.6 Å². The lowest BCUT2D eigenvalue weighted by Crippen LogP contribution is -2.24. The molecule has 0 bridgehead atoms. The third-order valence-electron chi connectivity index (χ3n) is 2.01. The van der Waals surface area contributed by atoms with Gasteiger partial charge in [0.1, 0.15) is 5.75 Å². The van der Waals surface area contributed by atoms with Gasteiger partial charge in [-0.1, -0.05) is 18.2 Å². The summed E-state index contributed by atoms with van der Waals surface area (Å²) in [5, 5.41) is 9.26. The molecule has 3 nitrogen and oxygen atoms in total. The molecule has 0 aliphatic carbocycles. The van der Waals surface area contributed by atoms with E-state index in [0.717, 1.165) is 0 Å². The highest BCUT2D eigenvalue weighted by Crippen LogP contribution is 2.26. The summed E-state index contributed by atoms with van der Waals surface area (Å²) in [5.41, 5.74) is 6.01. The van der Waals surface area contributed by atoms with Gasteiger partial charge in [0.15, 0.2) is 0 Å². The third-order valence-corrected chi connectivity index (χ3v) is 2.01. The molecule has 1 aromatic rings. The lowest BCUT2D eigenvalue weighted by molar-refractivity contribution is -0.0509. The van der Waals surface area contributed by atoms with E-state index in [4.69, 9.17) is 5.73 Å². The quantitative estimate of drug-likeness (QED) is 0.864. The largest absolute Gasteiger partial charge is 0.434 e. The van der Waals surface area contributed by atoms with E-state index in [0.29, 0.717) is 5.56 Å². The highest BCUT2D eigenvalue weighted by Gasteiger charge is 2.18. The first-order valence-electron chi connectivity index (χ1n) is 4.49. The summed E-state index contributed by atoms with van der Waals surface area (Å²) >= 11 is 0. The Hall–Kier alpha value is -0.910. The van der Waals surface area contributed by atoms with E-state index in [1.807, 2.05) is 0 Å². The maximum atomic E-state index is 12.0. The van der Waals surface area contributed by atoms with Gasteiger partial charge in [-0.2, -0.15) is 8.78 Å². The highest BCUT2D eigenvalue weighted by atomic mass is 35.5. The molecule has 0 amide bonds. The monoisotopic (exact) mass is 253 g/mol. The lowest BCUT2D eigenvalue weighted by Gasteiger charge is -2.18. The second kappa shape index (κ2) is 6.62. The molecule has 0 aliphatic rings. The molecule has 3 N–H and O–H groups in total. The van der Waals surface area contributed by atoms with Crippen molar-refractivity contribution in [3.05, 3.63) is 29.8 Å². The highest BCUT2D eigenvalue weighted by molar-refractivity contribution is 5.85. The minimum absolute atomic E-state index is 0. The molecule has 0 aromatic heterocycles. The van der Waals surface area contributed by atoms with Crippen LogP contribution in [0.4, 0.5) is 8.78 Å². The summed E-state index contributed by atoms with van der Waals surface area (Å²) in [7, 11) is 0. The van der Waals surface area contributed by atoms with Crippen molar-refractivity contribution in [1.29, 1.82) is 0 Å². The number of hydrogen-bond acceptors (Lipinski definition) is 3. The summed E-state index contributed by atoms with van der Waals surface area (Å²) in [5.74, 6) is 0.000833. The Balaban J connectivity index is 0.00000225. The van der Waals surface area contributed by atoms with Gasteiger partial charge in [0.05, 0.1) is 12.1 Å². The van der Waals surface area contributed by atoms with Crippen LogP contribution in [0.15, 0.2) is 24.3 Å². The van der Waals surface area contributed by atoms with Gasteiger partial charge in [0.2, 0.25) is 0 Å². The predicted octanol–water partition coefficient (Wildman–Crippen LogP) is 2.09. The molecular formula is C10H14ClF2NO2. The van der Waals surface area contributed by atoms with Crippen molar-refractivity contribution < 1.29 is 18.6 Å². The molecule has 1 aromatic carbocycles. The van der Waals surface area contributed by atoms with E-state index < -0.39 is 18.8 Å². The summed E-state index contributed by atoms with van der Waals surface area (Å²) in [6.45, 7) is -1.41. The van der Waals surface area contributed by atoms with E-state index in [9.17, 15) is 13.9 Å². The molecule has 0 fully saturated rings. The van der Waals surface area contributed by atoms with Crippen LogP contribution in [0.5, 0.6) is 5.75 Å². The third kappa shape index (κ3) is 3.92. The summed E-state index contributed by atoms with van der Waals surface area (Å²) in [4.78, 5) is 0. The molecule has 1 rings (SSSR count). The number of nitrogens with two attached hydrogens (primary N) is 1. The molecular weight excluding hydrogens is 240 g/mol. The number of rotatable bonds is 4. The number of para-hydroxylation sites is 1. The van der Waals surface area contributed by atoms with Crippen molar-refractivity contribution >= 4 is 12.4 Å². The Bertz CT molecular complexity index is 323. The number of ether oxygens (including phenoxy) is 1. The van der Waals surface area contributed by atoms with E-state index in [-0.39, 0.29) is 18.2 Å². The molecule has 16 heavy (non-hydrogen) atoms. The summed E-state index contributed by atoms with van der Waals surface area (Å²) in [6, 6.07) is 5.42. The van der Waals surface area contributed by atoms with E-state index in [2.05, 4.69) is 4.74 Å². The van der Waals surface area contributed by atoms with Crippen molar-refractivity contribution in [2.75, 3.05) is 0 Å². The number of alkyl halides is 2. The average Bonchev–Trinajstić information content (AvgIpc) is 2.16. The van der Waals surface area contributed by atoms with Gasteiger partial charge in [0.25, 0.3) is 0 Å². The SMILES string of the molecule is C[C@H](O)[C@H](N)c1ccccc1OC(F)F.Cl. The summed E-state index contributed by atoms with van der Waals surface area (Å²) in [6.07, 6.45) is -0.826. The van der Waals surface area contributed by atoms with E-state index in [1.54, 1.807) is 18.2 Å². The fraction of sp³-hybridized carbons (Fsp3) is 0.400. The maximum absolute atomic E-state index is 12.0. The molecule has 0 heterocycles. The van der Waals surface area contributed by atoms with Crippen LogP contribution in [-0.2, 0) is 0 Å². The molecule has 0 spiro atoms. The Morgan fingerprint density at radius 1 is 1.31 bits per heavy atom. The van der Waals surface area contributed by atoms with Crippen molar-refractivity contribution in [2.24, 2.45) is 5.73 Å². The fourth-order valence-electron chi connectivity index (χ4n) is 1.22. The zero-order valence-electron chi connectivity index (χ0n) is 8.64. The second-order valence-corrected chi connectivity index (χ2v) is 3.18. The number of hydrogen-bond donors (Lipinski definition) is 2. The molecule has 0 aliphatic heterocycles. The molecule has 92 valence electrons.